The van der Waals surface area contributed by atoms with E-state index in [1.165, 1.54) is 6.20 Å². The van der Waals surface area contributed by atoms with Gasteiger partial charge in [-0.25, -0.2) is 0 Å². The molecule has 0 bridgehead atoms. The van der Waals surface area contributed by atoms with Crippen molar-refractivity contribution in [2.75, 3.05) is 31.4 Å². The average molecular weight is 432 g/mol. The fraction of sp³-hybridized carbons (Fsp3) is 0.348. The van der Waals surface area contributed by atoms with E-state index in [0.29, 0.717) is 30.3 Å². The number of hydrogen-bond donors (Lipinski definition) is 3. The number of ether oxygens (including phenoxy) is 1. The van der Waals surface area contributed by atoms with E-state index in [4.69, 9.17) is 16.3 Å². The first kappa shape index (κ1) is 23.7. The summed E-state index contributed by atoms with van der Waals surface area (Å²) < 4.78 is 5.86. The van der Waals surface area contributed by atoms with Gasteiger partial charge in [0, 0.05) is 49.0 Å². The second-order valence-corrected chi connectivity index (χ2v) is 7.25. The molecule has 0 fully saturated rings. The normalized spacial score (nSPS) is 16.9. The van der Waals surface area contributed by atoms with Crippen LogP contribution in [0.5, 0.6) is 0 Å². The molecule has 162 valence electrons. The topological polar surface area (TPSA) is 77.9 Å². The molecule has 0 aromatic carbocycles. The molecule has 0 unspecified atom stereocenters. The summed E-state index contributed by atoms with van der Waals surface area (Å²) in [5.41, 5.74) is 2.83. The molecule has 0 radical (unpaired) electrons. The number of aliphatic hydroxyl groups is 2. The highest BCUT2D eigenvalue weighted by Crippen LogP contribution is 2.29. The molecule has 1 aromatic rings. The van der Waals surface area contributed by atoms with E-state index in [1.54, 1.807) is 12.3 Å². The molecule has 30 heavy (non-hydrogen) atoms. The Morgan fingerprint density at radius 1 is 1.50 bits per heavy atom. The van der Waals surface area contributed by atoms with Crippen LogP contribution in [-0.2, 0) is 4.74 Å². The molecule has 1 atom stereocenters. The third-order valence-corrected chi connectivity index (χ3v) is 5.05. The summed E-state index contributed by atoms with van der Waals surface area (Å²) in [7, 11) is 1.92. The van der Waals surface area contributed by atoms with Gasteiger partial charge in [0.1, 0.15) is 5.76 Å². The van der Waals surface area contributed by atoms with Gasteiger partial charge in [-0.1, -0.05) is 25.3 Å². The van der Waals surface area contributed by atoms with Crippen LogP contribution in [0.2, 0.25) is 0 Å². The zero-order valence-corrected chi connectivity index (χ0v) is 18.1. The average Bonchev–Trinajstić information content (AvgIpc) is 2.76. The van der Waals surface area contributed by atoms with Crippen molar-refractivity contribution in [2.24, 2.45) is 5.92 Å². The monoisotopic (exact) mass is 431 g/mol. The van der Waals surface area contributed by atoms with E-state index < -0.39 is 6.29 Å². The first-order chi connectivity index (χ1) is 14.5. The summed E-state index contributed by atoms with van der Waals surface area (Å²) >= 11 is 5.69. The number of nitrogens with zero attached hydrogens (tertiary/aromatic N) is 2. The number of pyridine rings is 1. The van der Waals surface area contributed by atoms with Gasteiger partial charge in [-0.15, -0.1) is 11.6 Å². The predicted molar refractivity (Wildman–Crippen MR) is 122 cm³/mol. The van der Waals surface area contributed by atoms with Gasteiger partial charge in [-0.2, -0.15) is 0 Å². The molecule has 0 amide bonds. The van der Waals surface area contributed by atoms with Crippen molar-refractivity contribution in [3.63, 3.8) is 0 Å². The standard InChI is InChI=1S/C23H30ClN3O3/c1-4-19-18(15-26-21-16-25-12-8-20(21)23(28)29)10-14-30-22(19)9-13-27(3)17(2)7-5-6-11-24/h4-5,7-9,12-13,16,18,23,26,28-29H,1-2,6,10-11,14-15H2,3H3/b7-5-,13-9+/t18-/m0/s1. The summed E-state index contributed by atoms with van der Waals surface area (Å²) in [4.78, 5) is 5.97. The fourth-order valence-electron chi connectivity index (χ4n) is 3.06. The highest BCUT2D eigenvalue weighted by Gasteiger charge is 2.22. The molecule has 1 aromatic heterocycles. The molecule has 0 saturated carbocycles. The van der Waals surface area contributed by atoms with Crippen molar-refractivity contribution in [3.8, 4) is 0 Å². The number of nitrogens with one attached hydrogen (secondary N) is 1. The SMILES string of the molecule is C=CC1=C(/C=C/N(C)C(=C)/C=C\CCCl)OCC[C@H]1CNc1cnccc1C(O)O. The van der Waals surface area contributed by atoms with E-state index in [1.807, 2.05) is 42.5 Å². The number of aromatic nitrogens is 1. The number of rotatable bonds is 11. The van der Waals surface area contributed by atoms with Gasteiger partial charge in [0.05, 0.1) is 18.5 Å². The van der Waals surface area contributed by atoms with Gasteiger partial charge < -0.3 is 25.2 Å². The lowest BCUT2D eigenvalue weighted by Crippen LogP contribution is -2.23. The Morgan fingerprint density at radius 3 is 3.00 bits per heavy atom. The van der Waals surface area contributed by atoms with Gasteiger partial charge in [-0.3, -0.25) is 4.98 Å². The van der Waals surface area contributed by atoms with Crippen molar-refractivity contribution in [1.82, 2.24) is 9.88 Å². The highest BCUT2D eigenvalue weighted by molar-refractivity contribution is 6.17. The molecule has 0 spiro atoms. The molecule has 2 heterocycles. The third kappa shape index (κ3) is 6.76. The van der Waals surface area contributed by atoms with Crippen molar-refractivity contribution < 1.29 is 14.9 Å². The van der Waals surface area contributed by atoms with Gasteiger partial charge in [0.25, 0.3) is 0 Å². The van der Waals surface area contributed by atoms with E-state index in [2.05, 4.69) is 23.5 Å². The van der Waals surface area contributed by atoms with Gasteiger partial charge in [-0.05, 0) is 36.6 Å². The summed E-state index contributed by atoms with van der Waals surface area (Å²) in [6, 6.07) is 1.58. The maximum absolute atomic E-state index is 9.53. The Hall–Kier alpha value is -2.54. The second-order valence-electron chi connectivity index (χ2n) is 6.87. The quantitative estimate of drug-likeness (QED) is 0.278. The molecule has 1 aliphatic rings. The number of aliphatic hydroxyl groups excluding tert-OH is 1. The van der Waals surface area contributed by atoms with Gasteiger partial charge in [0.15, 0.2) is 6.29 Å². The number of allylic oxidation sites excluding steroid dienone is 4. The molecule has 7 heteroatoms. The van der Waals surface area contributed by atoms with Crippen LogP contribution in [0.25, 0.3) is 0 Å². The number of anilines is 1. The predicted octanol–water partition coefficient (Wildman–Crippen LogP) is 4.10. The molecular weight excluding hydrogens is 402 g/mol. The maximum Gasteiger partial charge on any atom is 0.180 e. The van der Waals surface area contributed by atoms with Gasteiger partial charge >= 0.3 is 0 Å². The zero-order valence-electron chi connectivity index (χ0n) is 17.3. The lowest BCUT2D eigenvalue weighted by Gasteiger charge is -2.27. The summed E-state index contributed by atoms with van der Waals surface area (Å²) in [5, 5.41) is 22.3. The largest absolute Gasteiger partial charge is 0.493 e. The van der Waals surface area contributed by atoms with E-state index in [0.717, 1.165) is 29.9 Å². The minimum Gasteiger partial charge on any atom is -0.493 e. The van der Waals surface area contributed by atoms with Crippen molar-refractivity contribution in [1.29, 1.82) is 0 Å². The summed E-state index contributed by atoms with van der Waals surface area (Å²) in [5.74, 6) is 1.51. The summed E-state index contributed by atoms with van der Waals surface area (Å²) in [6.45, 7) is 9.18. The zero-order chi connectivity index (χ0) is 21.9. The number of halogens is 1. The summed E-state index contributed by atoms with van der Waals surface area (Å²) in [6.07, 6.45) is 12.7. The van der Waals surface area contributed by atoms with Crippen LogP contribution in [0, 0.1) is 5.92 Å². The second kappa shape index (κ2) is 12.2. The Morgan fingerprint density at radius 2 is 2.30 bits per heavy atom. The minimum absolute atomic E-state index is 0.164. The Labute approximate surface area is 183 Å². The first-order valence-corrected chi connectivity index (χ1v) is 10.4. The third-order valence-electron chi connectivity index (χ3n) is 4.83. The van der Waals surface area contributed by atoms with Gasteiger partial charge in [0.2, 0.25) is 0 Å². The van der Waals surface area contributed by atoms with E-state index >= 15 is 0 Å². The molecule has 0 aliphatic carbocycles. The minimum atomic E-state index is -1.56. The highest BCUT2D eigenvalue weighted by atomic mass is 35.5. The molecule has 6 nitrogen and oxygen atoms in total. The molecule has 0 saturated heterocycles. The maximum atomic E-state index is 9.53. The van der Waals surface area contributed by atoms with Crippen molar-refractivity contribution in [3.05, 3.63) is 84.7 Å². The van der Waals surface area contributed by atoms with Crippen LogP contribution in [0.3, 0.4) is 0 Å². The lowest BCUT2D eigenvalue weighted by molar-refractivity contribution is -0.0419. The van der Waals surface area contributed by atoms with E-state index in [-0.39, 0.29) is 5.92 Å². The number of alkyl halides is 1. The van der Waals surface area contributed by atoms with Crippen LogP contribution in [-0.4, -0.2) is 46.2 Å². The number of hydrogen-bond acceptors (Lipinski definition) is 6. The van der Waals surface area contributed by atoms with Crippen LogP contribution >= 0.6 is 11.6 Å². The molecule has 2 rings (SSSR count). The fourth-order valence-corrected chi connectivity index (χ4v) is 3.19. The lowest BCUT2D eigenvalue weighted by atomic mass is 9.92. The number of likely N-dealkylation sites (N-methyl/N-ethyl adjacent to an activating group) is 1. The van der Waals surface area contributed by atoms with Crippen LogP contribution in [0.15, 0.2) is 79.2 Å². The van der Waals surface area contributed by atoms with Crippen molar-refractivity contribution >= 4 is 17.3 Å². The van der Waals surface area contributed by atoms with Crippen molar-refractivity contribution in [2.45, 2.75) is 19.1 Å². The van der Waals surface area contributed by atoms with Crippen LogP contribution < -0.4 is 5.32 Å². The first-order valence-electron chi connectivity index (χ1n) is 9.83. The Bertz CT molecular complexity index is 818. The Balaban J connectivity index is 2.09. The van der Waals surface area contributed by atoms with Crippen LogP contribution in [0.1, 0.15) is 24.7 Å². The molecule has 1 aliphatic heterocycles. The van der Waals surface area contributed by atoms with Crippen LogP contribution in [0.4, 0.5) is 5.69 Å². The molecule has 3 N–H and O–H groups in total. The smallest absolute Gasteiger partial charge is 0.180 e. The molecular formula is C23H30ClN3O3. The Kier molecular flexibility index (Phi) is 9.67. The van der Waals surface area contributed by atoms with E-state index in [9.17, 15) is 10.2 Å².